The summed E-state index contributed by atoms with van der Waals surface area (Å²) in [6, 6.07) is 7.21. The lowest BCUT2D eigenvalue weighted by Gasteiger charge is -2.12. The summed E-state index contributed by atoms with van der Waals surface area (Å²) >= 11 is 0. The topological polar surface area (TPSA) is 58.8 Å². The minimum absolute atomic E-state index is 0. The molecule has 0 spiro atoms. The van der Waals surface area contributed by atoms with Crippen molar-refractivity contribution in [2.24, 2.45) is 4.99 Å². The van der Waals surface area contributed by atoms with E-state index in [4.69, 9.17) is 9.15 Å². The molecule has 0 amide bonds. The van der Waals surface area contributed by atoms with E-state index in [-0.39, 0.29) is 29.7 Å². The van der Waals surface area contributed by atoms with E-state index < -0.39 is 11.6 Å². The number of nitrogens with one attached hydrogen (secondary N) is 2. The van der Waals surface area contributed by atoms with Crippen molar-refractivity contribution < 1.29 is 17.9 Å². The second kappa shape index (κ2) is 11.7. The van der Waals surface area contributed by atoms with Crippen molar-refractivity contribution in [3.63, 3.8) is 0 Å². The number of rotatable bonds is 8. The van der Waals surface area contributed by atoms with Crippen LogP contribution in [0.1, 0.15) is 12.7 Å². The third kappa shape index (κ3) is 7.72. The van der Waals surface area contributed by atoms with E-state index in [9.17, 15) is 8.78 Å². The van der Waals surface area contributed by atoms with Crippen LogP contribution in [0.5, 0.6) is 5.75 Å². The Morgan fingerprint density at radius 1 is 1.20 bits per heavy atom. The maximum atomic E-state index is 13.1. The number of halogens is 3. The quantitative estimate of drug-likeness (QED) is 0.272. The molecule has 0 saturated carbocycles. The summed E-state index contributed by atoms with van der Waals surface area (Å²) in [6.45, 7) is 4.07. The number of guanidine groups is 1. The number of aliphatic imine (C=N–C) groups is 1. The van der Waals surface area contributed by atoms with E-state index >= 15 is 0 Å². The van der Waals surface area contributed by atoms with Crippen LogP contribution < -0.4 is 15.4 Å². The molecule has 1 aromatic heterocycles. The number of furan rings is 1. The standard InChI is InChI=1S/C17H21F2N3O2.HI/c1-2-20-17(21-8-7-13-4-3-10-23-13)22-9-11-24-14-5-6-15(18)16(19)12-14;/h3-6,10,12H,2,7-9,11H2,1H3,(H2,20,21,22);1H. The number of hydrogen-bond acceptors (Lipinski definition) is 3. The van der Waals surface area contributed by atoms with Gasteiger partial charge in [-0.05, 0) is 31.2 Å². The minimum Gasteiger partial charge on any atom is -0.492 e. The van der Waals surface area contributed by atoms with Gasteiger partial charge >= 0.3 is 0 Å². The first-order valence-corrected chi connectivity index (χ1v) is 7.81. The molecule has 0 fully saturated rings. The van der Waals surface area contributed by atoms with Gasteiger partial charge in [0, 0.05) is 25.6 Å². The van der Waals surface area contributed by atoms with Gasteiger partial charge in [0.15, 0.2) is 17.6 Å². The van der Waals surface area contributed by atoms with Crippen LogP contribution in [0.15, 0.2) is 46.0 Å². The second-order valence-corrected chi connectivity index (χ2v) is 4.94. The van der Waals surface area contributed by atoms with Gasteiger partial charge in [-0.25, -0.2) is 8.78 Å². The van der Waals surface area contributed by atoms with Crippen LogP contribution in [-0.4, -0.2) is 32.2 Å². The summed E-state index contributed by atoms with van der Waals surface area (Å²) in [7, 11) is 0. The van der Waals surface area contributed by atoms with E-state index in [0.29, 0.717) is 25.7 Å². The largest absolute Gasteiger partial charge is 0.492 e. The SMILES string of the molecule is CCNC(=NCCc1ccco1)NCCOc1ccc(F)c(F)c1.I. The molecule has 8 heteroatoms. The van der Waals surface area contributed by atoms with Gasteiger partial charge in [0.1, 0.15) is 18.1 Å². The van der Waals surface area contributed by atoms with Crippen LogP contribution in [0.3, 0.4) is 0 Å². The molecule has 0 aliphatic heterocycles. The van der Waals surface area contributed by atoms with Crippen molar-refractivity contribution in [3.8, 4) is 5.75 Å². The van der Waals surface area contributed by atoms with Crippen molar-refractivity contribution in [3.05, 3.63) is 54.0 Å². The average Bonchev–Trinajstić information content (AvgIpc) is 3.08. The van der Waals surface area contributed by atoms with E-state index in [0.717, 1.165) is 30.9 Å². The zero-order chi connectivity index (χ0) is 17.2. The molecule has 2 N–H and O–H groups in total. The molecule has 0 aliphatic rings. The molecular weight excluding hydrogens is 443 g/mol. The number of nitrogens with zero attached hydrogens (tertiary/aromatic N) is 1. The van der Waals surface area contributed by atoms with E-state index in [2.05, 4.69) is 15.6 Å². The van der Waals surface area contributed by atoms with Crippen molar-refractivity contribution in [1.82, 2.24) is 10.6 Å². The van der Waals surface area contributed by atoms with Gasteiger partial charge in [0.2, 0.25) is 0 Å². The van der Waals surface area contributed by atoms with Gasteiger partial charge in [-0.2, -0.15) is 0 Å². The first-order valence-electron chi connectivity index (χ1n) is 7.81. The first kappa shape index (κ1) is 21.2. The Morgan fingerprint density at radius 3 is 2.72 bits per heavy atom. The highest BCUT2D eigenvalue weighted by molar-refractivity contribution is 14.0. The van der Waals surface area contributed by atoms with E-state index in [1.54, 1.807) is 6.26 Å². The molecule has 0 unspecified atom stereocenters. The van der Waals surface area contributed by atoms with Gasteiger partial charge in [0.25, 0.3) is 0 Å². The Labute approximate surface area is 162 Å². The van der Waals surface area contributed by atoms with Crippen molar-refractivity contribution >= 4 is 29.9 Å². The van der Waals surface area contributed by atoms with Gasteiger partial charge in [-0.15, -0.1) is 24.0 Å². The van der Waals surface area contributed by atoms with Gasteiger partial charge in [-0.3, -0.25) is 4.99 Å². The highest BCUT2D eigenvalue weighted by Gasteiger charge is 2.03. The number of benzene rings is 1. The van der Waals surface area contributed by atoms with Crippen LogP contribution in [0.25, 0.3) is 0 Å². The van der Waals surface area contributed by atoms with Gasteiger partial charge in [0.05, 0.1) is 12.8 Å². The maximum Gasteiger partial charge on any atom is 0.191 e. The third-order valence-electron chi connectivity index (χ3n) is 3.11. The Bertz CT molecular complexity index is 651. The van der Waals surface area contributed by atoms with Crippen LogP contribution >= 0.6 is 24.0 Å². The zero-order valence-electron chi connectivity index (χ0n) is 13.9. The van der Waals surface area contributed by atoms with Crippen LogP contribution in [-0.2, 0) is 6.42 Å². The highest BCUT2D eigenvalue weighted by Crippen LogP contribution is 2.14. The Balaban J connectivity index is 0.00000312. The van der Waals surface area contributed by atoms with Crippen LogP contribution in [0, 0.1) is 11.6 Å². The normalized spacial score (nSPS) is 10.9. The lowest BCUT2D eigenvalue weighted by Crippen LogP contribution is -2.39. The monoisotopic (exact) mass is 465 g/mol. The summed E-state index contributed by atoms with van der Waals surface area (Å²) in [4.78, 5) is 4.43. The molecule has 2 aromatic rings. The van der Waals surface area contributed by atoms with Gasteiger partial charge in [-0.1, -0.05) is 0 Å². The molecule has 25 heavy (non-hydrogen) atoms. The summed E-state index contributed by atoms with van der Waals surface area (Å²) < 4.78 is 36.5. The lowest BCUT2D eigenvalue weighted by molar-refractivity contribution is 0.318. The fourth-order valence-electron chi connectivity index (χ4n) is 1.98. The van der Waals surface area contributed by atoms with Crippen LogP contribution in [0.2, 0.25) is 0 Å². The van der Waals surface area contributed by atoms with Crippen LogP contribution in [0.4, 0.5) is 8.78 Å². The predicted molar refractivity (Wildman–Crippen MR) is 104 cm³/mol. The summed E-state index contributed by atoms with van der Waals surface area (Å²) in [6.07, 6.45) is 2.35. The molecule has 0 saturated heterocycles. The number of ether oxygens (including phenoxy) is 1. The first-order chi connectivity index (χ1) is 11.7. The Hall–Kier alpha value is -1.84. The molecule has 0 bridgehead atoms. The third-order valence-corrected chi connectivity index (χ3v) is 3.11. The van der Waals surface area contributed by atoms with Crippen molar-refractivity contribution in [2.45, 2.75) is 13.3 Å². The fourth-order valence-corrected chi connectivity index (χ4v) is 1.98. The molecule has 0 aliphatic carbocycles. The predicted octanol–water partition coefficient (Wildman–Crippen LogP) is 3.35. The molecule has 5 nitrogen and oxygen atoms in total. The lowest BCUT2D eigenvalue weighted by atomic mass is 10.3. The zero-order valence-corrected chi connectivity index (χ0v) is 16.3. The molecule has 1 heterocycles. The number of hydrogen-bond donors (Lipinski definition) is 2. The molecule has 1 aromatic carbocycles. The molecule has 0 radical (unpaired) electrons. The summed E-state index contributed by atoms with van der Waals surface area (Å²) in [5.74, 6) is 0.0246. The van der Waals surface area contributed by atoms with E-state index in [1.165, 1.54) is 6.07 Å². The van der Waals surface area contributed by atoms with E-state index in [1.807, 2.05) is 19.1 Å². The minimum atomic E-state index is -0.923. The molecule has 2 rings (SSSR count). The second-order valence-electron chi connectivity index (χ2n) is 4.94. The summed E-state index contributed by atoms with van der Waals surface area (Å²) in [5.41, 5.74) is 0. The fraction of sp³-hybridized carbons (Fsp3) is 0.353. The average molecular weight is 465 g/mol. The molecular formula is C17H22F2IN3O2. The molecule has 0 atom stereocenters. The smallest absolute Gasteiger partial charge is 0.191 e. The highest BCUT2D eigenvalue weighted by atomic mass is 127. The van der Waals surface area contributed by atoms with Crippen molar-refractivity contribution in [2.75, 3.05) is 26.2 Å². The Kier molecular flexibility index (Phi) is 9.90. The van der Waals surface area contributed by atoms with Gasteiger partial charge < -0.3 is 19.8 Å². The molecule has 138 valence electrons. The van der Waals surface area contributed by atoms with Crippen molar-refractivity contribution in [1.29, 1.82) is 0 Å². The maximum absolute atomic E-state index is 13.1. The summed E-state index contributed by atoms with van der Waals surface area (Å²) in [5, 5.41) is 6.23. The Morgan fingerprint density at radius 2 is 2.04 bits per heavy atom.